The van der Waals surface area contributed by atoms with Gasteiger partial charge in [0.2, 0.25) is 4.80 Å². The van der Waals surface area contributed by atoms with Crippen LogP contribution in [-0.2, 0) is 0 Å². The van der Waals surface area contributed by atoms with Crippen molar-refractivity contribution < 1.29 is 10.2 Å². The molecule has 1 saturated carbocycles. The summed E-state index contributed by atoms with van der Waals surface area (Å²) in [6.45, 7) is 3.77. The molecule has 1 heterocycles. The minimum atomic E-state index is -0.114. The van der Waals surface area contributed by atoms with Crippen LogP contribution in [0.2, 0.25) is 0 Å². The summed E-state index contributed by atoms with van der Waals surface area (Å²) in [6, 6.07) is 3.62. The Labute approximate surface area is 145 Å². The van der Waals surface area contributed by atoms with Gasteiger partial charge in [-0.2, -0.15) is 5.10 Å². The highest BCUT2D eigenvalue weighted by molar-refractivity contribution is 7.07. The number of hydrogen-bond donors (Lipinski definition) is 2. The first kappa shape index (κ1) is 16.8. The molecule has 1 aromatic carbocycles. The van der Waals surface area contributed by atoms with E-state index in [0.29, 0.717) is 11.6 Å². The molecule has 6 heteroatoms. The summed E-state index contributed by atoms with van der Waals surface area (Å²) in [7, 11) is 0. The standard InChI is InChI=1S/C18H23N3O2S/c1-12-11-24-18(20-15-6-4-3-5-7-15)21(12)19-10-14-8-9-16(22)17(23)13(14)2/h8-11,15,22-23H,3-7H2,1-2H3/b19-10+,20-18?. The van der Waals surface area contributed by atoms with E-state index in [1.54, 1.807) is 30.5 Å². The first-order valence-corrected chi connectivity index (χ1v) is 9.21. The van der Waals surface area contributed by atoms with E-state index in [2.05, 4.69) is 10.5 Å². The molecule has 0 spiro atoms. The van der Waals surface area contributed by atoms with E-state index in [-0.39, 0.29) is 11.5 Å². The molecular formula is C18H23N3O2S. The molecular weight excluding hydrogens is 322 g/mol. The zero-order valence-electron chi connectivity index (χ0n) is 14.1. The minimum Gasteiger partial charge on any atom is -0.504 e. The van der Waals surface area contributed by atoms with Crippen molar-refractivity contribution in [3.63, 3.8) is 0 Å². The molecule has 1 aromatic heterocycles. The number of benzene rings is 1. The second-order valence-corrected chi connectivity index (χ2v) is 7.12. The van der Waals surface area contributed by atoms with Gasteiger partial charge in [-0.3, -0.25) is 4.99 Å². The van der Waals surface area contributed by atoms with Crippen molar-refractivity contribution in [3.05, 3.63) is 39.1 Å². The Morgan fingerprint density at radius 3 is 2.67 bits per heavy atom. The lowest BCUT2D eigenvalue weighted by Crippen LogP contribution is -2.19. The molecule has 1 aliphatic rings. The van der Waals surface area contributed by atoms with Gasteiger partial charge in [0.15, 0.2) is 11.5 Å². The zero-order chi connectivity index (χ0) is 17.1. The molecule has 128 valence electrons. The monoisotopic (exact) mass is 345 g/mol. The predicted molar refractivity (Wildman–Crippen MR) is 97.0 cm³/mol. The van der Waals surface area contributed by atoms with Crippen molar-refractivity contribution in [2.24, 2.45) is 10.1 Å². The van der Waals surface area contributed by atoms with Crippen LogP contribution in [0.25, 0.3) is 0 Å². The third-order valence-electron chi connectivity index (χ3n) is 4.48. The Morgan fingerprint density at radius 1 is 1.17 bits per heavy atom. The maximum atomic E-state index is 9.83. The van der Waals surface area contributed by atoms with Gasteiger partial charge in [-0.25, -0.2) is 4.68 Å². The largest absolute Gasteiger partial charge is 0.504 e. The molecule has 0 unspecified atom stereocenters. The van der Waals surface area contributed by atoms with Crippen LogP contribution in [0.3, 0.4) is 0 Å². The molecule has 0 radical (unpaired) electrons. The summed E-state index contributed by atoms with van der Waals surface area (Å²) < 4.78 is 1.85. The second kappa shape index (κ2) is 7.21. The summed E-state index contributed by atoms with van der Waals surface area (Å²) in [5, 5.41) is 26.0. The van der Waals surface area contributed by atoms with Gasteiger partial charge in [-0.05, 0) is 38.8 Å². The van der Waals surface area contributed by atoms with Gasteiger partial charge in [-0.1, -0.05) is 19.3 Å². The third-order valence-corrected chi connectivity index (χ3v) is 5.43. The second-order valence-electron chi connectivity index (χ2n) is 6.28. The number of phenolic OH excluding ortho intramolecular Hbond substituents is 2. The molecule has 0 aliphatic heterocycles. The molecule has 1 aliphatic carbocycles. The maximum Gasteiger partial charge on any atom is 0.206 e. The van der Waals surface area contributed by atoms with Gasteiger partial charge >= 0.3 is 0 Å². The highest BCUT2D eigenvalue weighted by Crippen LogP contribution is 2.29. The van der Waals surface area contributed by atoms with E-state index in [1.165, 1.54) is 25.3 Å². The Morgan fingerprint density at radius 2 is 1.92 bits per heavy atom. The molecule has 0 saturated heterocycles. The van der Waals surface area contributed by atoms with E-state index in [9.17, 15) is 10.2 Å². The van der Waals surface area contributed by atoms with Gasteiger partial charge in [-0.15, -0.1) is 11.3 Å². The average molecular weight is 345 g/mol. The molecule has 0 bridgehead atoms. The van der Waals surface area contributed by atoms with Crippen molar-refractivity contribution in [2.75, 3.05) is 0 Å². The quantitative estimate of drug-likeness (QED) is 0.658. The zero-order valence-corrected chi connectivity index (χ0v) is 14.9. The van der Waals surface area contributed by atoms with E-state index in [1.807, 2.05) is 11.6 Å². The Hall–Kier alpha value is -2.08. The predicted octanol–water partition coefficient (Wildman–Crippen LogP) is 3.69. The van der Waals surface area contributed by atoms with Gasteiger partial charge in [0.05, 0.1) is 18.0 Å². The maximum absolute atomic E-state index is 9.83. The highest BCUT2D eigenvalue weighted by Gasteiger charge is 2.12. The Bertz CT molecular complexity index is 814. The fourth-order valence-electron chi connectivity index (χ4n) is 2.94. The van der Waals surface area contributed by atoms with E-state index in [4.69, 9.17) is 4.99 Å². The average Bonchev–Trinajstić information content (AvgIpc) is 2.93. The normalized spacial score (nSPS) is 17.0. The number of aromatic hydroxyl groups is 2. The van der Waals surface area contributed by atoms with Gasteiger partial charge in [0, 0.05) is 16.5 Å². The summed E-state index contributed by atoms with van der Waals surface area (Å²) in [5.74, 6) is -0.213. The van der Waals surface area contributed by atoms with Crippen molar-refractivity contribution in [2.45, 2.75) is 52.0 Å². The topological polar surface area (TPSA) is 70.1 Å². The van der Waals surface area contributed by atoms with Crippen LogP contribution < -0.4 is 4.80 Å². The lowest BCUT2D eigenvalue weighted by molar-refractivity contribution is 0.401. The van der Waals surface area contributed by atoms with Crippen LogP contribution in [-0.4, -0.2) is 27.1 Å². The van der Waals surface area contributed by atoms with Crippen LogP contribution >= 0.6 is 11.3 Å². The molecule has 3 rings (SSSR count). The van der Waals surface area contributed by atoms with Gasteiger partial charge < -0.3 is 10.2 Å². The number of aryl methyl sites for hydroxylation is 1. The number of rotatable bonds is 3. The van der Waals surface area contributed by atoms with Crippen molar-refractivity contribution in [3.8, 4) is 11.5 Å². The fraction of sp³-hybridized carbons (Fsp3) is 0.444. The molecule has 24 heavy (non-hydrogen) atoms. The molecule has 1 fully saturated rings. The van der Waals surface area contributed by atoms with Gasteiger partial charge in [0.25, 0.3) is 0 Å². The molecule has 5 nitrogen and oxygen atoms in total. The smallest absolute Gasteiger partial charge is 0.206 e. The number of aromatic nitrogens is 1. The number of nitrogens with zero attached hydrogens (tertiary/aromatic N) is 3. The summed E-state index contributed by atoms with van der Waals surface area (Å²) in [6.07, 6.45) is 7.85. The summed E-state index contributed by atoms with van der Waals surface area (Å²) in [5.41, 5.74) is 2.41. The lowest BCUT2D eigenvalue weighted by atomic mass is 9.96. The van der Waals surface area contributed by atoms with Crippen LogP contribution in [0, 0.1) is 13.8 Å². The first-order valence-electron chi connectivity index (χ1n) is 8.33. The number of phenols is 2. The van der Waals surface area contributed by atoms with Crippen molar-refractivity contribution >= 4 is 17.6 Å². The van der Waals surface area contributed by atoms with E-state index < -0.39 is 0 Å². The first-order chi connectivity index (χ1) is 11.6. The van der Waals surface area contributed by atoms with Crippen molar-refractivity contribution in [1.29, 1.82) is 0 Å². The van der Waals surface area contributed by atoms with Crippen LogP contribution in [0.1, 0.15) is 48.9 Å². The lowest BCUT2D eigenvalue weighted by Gasteiger charge is -2.16. The SMILES string of the molecule is Cc1c(/C=N/n2c(C)csc2=NC2CCCCC2)ccc(O)c1O. The fourth-order valence-corrected chi connectivity index (χ4v) is 3.82. The van der Waals surface area contributed by atoms with Crippen LogP contribution in [0.15, 0.2) is 27.6 Å². The molecule has 0 atom stereocenters. The van der Waals surface area contributed by atoms with E-state index in [0.717, 1.165) is 28.9 Å². The van der Waals surface area contributed by atoms with Crippen LogP contribution in [0.4, 0.5) is 0 Å². The molecule has 2 N–H and O–H groups in total. The van der Waals surface area contributed by atoms with Crippen LogP contribution in [0.5, 0.6) is 11.5 Å². The Balaban J connectivity index is 1.92. The highest BCUT2D eigenvalue weighted by atomic mass is 32.1. The Kier molecular flexibility index (Phi) is 5.04. The van der Waals surface area contributed by atoms with Gasteiger partial charge in [0.1, 0.15) is 0 Å². The number of hydrogen-bond acceptors (Lipinski definition) is 5. The summed E-state index contributed by atoms with van der Waals surface area (Å²) >= 11 is 1.61. The minimum absolute atomic E-state index is 0.0990. The van der Waals surface area contributed by atoms with Crippen molar-refractivity contribution in [1.82, 2.24) is 4.68 Å². The third kappa shape index (κ3) is 3.53. The molecule has 2 aromatic rings. The summed E-state index contributed by atoms with van der Waals surface area (Å²) in [4.78, 5) is 5.80. The molecule has 0 amide bonds. The number of thiazole rings is 1. The van der Waals surface area contributed by atoms with E-state index >= 15 is 0 Å².